The standard InChI is InChI=1S/C22H17F2N3OS/c1-28-17-12-10-15(11-13-17)21-25-26-22(27(21)16-6-3-2-4-7-16)29-14-18-19(23)8-5-9-20(18)24/h2-13H,14H2,1H3. The Balaban J connectivity index is 1.73. The molecule has 146 valence electrons. The third-order valence-corrected chi connectivity index (χ3v) is 5.36. The van der Waals surface area contributed by atoms with E-state index in [1.54, 1.807) is 7.11 Å². The van der Waals surface area contributed by atoms with Crippen molar-refractivity contribution in [3.05, 3.63) is 90.0 Å². The van der Waals surface area contributed by atoms with E-state index in [1.165, 1.54) is 30.0 Å². The second-order valence-corrected chi connectivity index (χ2v) is 7.14. The van der Waals surface area contributed by atoms with Crippen LogP contribution in [0.5, 0.6) is 5.75 Å². The summed E-state index contributed by atoms with van der Waals surface area (Å²) in [5, 5.41) is 9.17. The monoisotopic (exact) mass is 409 g/mol. The molecule has 1 heterocycles. The third kappa shape index (κ3) is 4.00. The van der Waals surface area contributed by atoms with E-state index in [2.05, 4.69) is 10.2 Å². The molecule has 0 aliphatic heterocycles. The van der Waals surface area contributed by atoms with Gasteiger partial charge in [-0.3, -0.25) is 4.57 Å². The minimum Gasteiger partial charge on any atom is -0.497 e. The van der Waals surface area contributed by atoms with Crippen molar-refractivity contribution in [1.29, 1.82) is 0 Å². The van der Waals surface area contributed by atoms with Gasteiger partial charge in [0, 0.05) is 22.6 Å². The lowest BCUT2D eigenvalue weighted by Crippen LogP contribution is -2.00. The Morgan fingerprint density at radius 1 is 0.862 bits per heavy atom. The number of benzene rings is 3. The number of hydrogen-bond acceptors (Lipinski definition) is 4. The van der Waals surface area contributed by atoms with Crippen LogP contribution >= 0.6 is 11.8 Å². The fourth-order valence-corrected chi connectivity index (χ4v) is 3.88. The molecule has 29 heavy (non-hydrogen) atoms. The number of hydrogen-bond donors (Lipinski definition) is 0. The highest BCUT2D eigenvalue weighted by atomic mass is 32.2. The van der Waals surface area contributed by atoms with Gasteiger partial charge in [0.2, 0.25) is 0 Å². The van der Waals surface area contributed by atoms with Gasteiger partial charge in [-0.05, 0) is 48.5 Å². The van der Waals surface area contributed by atoms with Gasteiger partial charge >= 0.3 is 0 Å². The number of ether oxygens (including phenoxy) is 1. The van der Waals surface area contributed by atoms with Crippen LogP contribution in [-0.4, -0.2) is 21.9 Å². The van der Waals surface area contributed by atoms with Crippen LogP contribution in [0.15, 0.2) is 78.0 Å². The Morgan fingerprint density at radius 2 is 1.55 bits per heavy atom. The number of methoxy groups -OCH3 is 1. The summed E-state index contributed by atoms with van der Waals surface area (Å²) < 4.78 is 35.1. The molecule has 0 aliphatic rings. The lowest BCUT2D eigenvalue weighted by Gasteiger charge is -2.11. The number of halogens is 2. The molecule has 4 aromatic rings. The number of nitrogens with zero attached hydrogens (tertiary/aromatic N) is 3. The number of thioether (sulfide) groups is 1. The second-order valence-electron chi connectivity index (χ2n) is 6.19. The van der Waals surface area contributed by atoms with Crippen LogP contribution < -0.4 is 4.74 Å². The summed E-state index contributed by atoms with van der Waals surface area (Å²) in [6.45, 7) is 0. The van der Waals surface area contributed by atoms with Gasteiger partial charge in [-0.1, -0.05) is 36.0 Å². The van der Waals surface area contributed by atoms with Gasteiger partial charge in [0.15, 0.2) is 11.0 Å². The van der Waals surface area contributed by atoms with Crippen LogP contribution in [0.1, 0.15) is 5.56 Å². The zero-order valence-electron chi connectivity index (χ0n) is 15.5. The predicted molar refractivity (Wildman–Crippen MR) is 109 cm³/mol. The smallest absolute Gasteiger partial charge is 0.196 e. The van der Waals surface area contributed by atoms with Crippen molar-refractivity contribution in [2.75, 3.05) is 7.11 Å². The van der Waals surface area contributed by atoms with E-state index in [0.717, 1.165) is 17.0 Å². The Labute approximate surface area is 171 Å². The van der Waals surface area contributed by atoms with Crippen molar-refractivity contribution in [2.45, 2.75) is 10.9 Å². The summed E-state index contributed by atoms with van der Waals surface area (Å²) in [6, 6.07) is 21.0. The Bertz CT molecular complexity index is 1090. The van der Waals surface area contributed by atoms with E-state index < -0.39 is 11.6 Å². The molecule has 0 fully saturated rings. The molecule has 0 saturated heterocycles. The molecule has 0 saturated carbocycles. The maximum Gasteiger partial charge on any atom is 0.196 e. The van der Waals surface area contributed by atoms with Crippen molar-refractivity contribution in [1.82, 2.24) is 14.8 Å². The summed E-state index contributed by atoms with van der Waals surface area (Å²) in [6.07, 6.45) is 0. The maximum absolute atomic E-state index is 14.0. The van der Waals surface area contributed by atoms with Gasteiger partial charge in [-0.15, -0.1) is 10.2 Å². The number of para-hydroxylation sites is 1. The van der Waals surface area contributed by atoms with Crippen molar-refractivity contribution < 1.29 is 13.5 Å². The van der Waals surface area contributed by atoms with E-state index in [4.69, 9.17) is 4.74 Å². The fraction of sp³-hybridized carbons (Fsp3) is 0.0909. The molecule has 0 N–H and O–H groups in total. The zero-order chi connectivity index (χ0) is 20.2. The van der Waals surface area contributed by atoms with Gasteiger partial charge in [-0.25, -0.2) is 8.78 Å². The summed E-state index contributed by atoms with van der Waals surface area (Å²) in [4.78, 5) is 0. The molecule has 4 rings (SSSR count). The molecule has 3 aromatic carbocycles. The third-order valence-electron chi connectivity index (χ3n) is 4.40. The van der Waals surface area contributed by atoms with Crippen molar-refractivity contribution in [3.8, 4) is 22.8 Å². The summed E-state index contributed by atoms with van der Waals surface area (Å²) in [7, 11) is 1.61. The number of aromatic nitrogens is 3. The molecule has 7 heteroatoms. The molecule has 0 radical (unpaired) electrons. The predicted octanol–water partition coefficient (Wildman–Crippen LogP) is 5.51. The number of rotatable bonds is 6. The fourth-order valence-electron chi connectivity index (χ4n) is 2.91. The lowest BCUT2D eigenvalue weighted by molar-refractivity contribution is 0.415. The summed E-state index contributed by atoms with van der Waals surface area (Å²) >= 11 is 1.23. The quantitative estimate of drug-likeness (QED) is 0.394. The molecule has 1 aromatic heterocycles. The average molecular weight is 409 g/mol. The first-order chi connectivity index (χ1) is 14.2. The molecule has 0 aliphatic carbocycles. The Hall–Kier alpha value is -3.19. The van der Waals surface area contributed by atoms with Crippen LogP contribution in [0, 0.1) is 11.6 Å². The first kappa shape index (κ1) is 19.1. The topological polar surface area (TPSA) is 39.9 Å². The highest BCUT2D eigenvalue weighted by Crippen LogP contribution is 2.31. The molecular weight excluding hydrogens is 392 g/mol. The van der Waals surface area contributed by atoms with Crippen LogP contribution in [-0.2, 0) is 5.75 Å². The average Bonchev–Trinajstić information content (AvgIpc) is 3.18. The van der Waals surface area contributed by atoms with Crippen LogP contribution in [0.3, 0.4) is 0 Å². The minimum atomic E-state index is -0.571. The van der Waals surface area contributed by atoms with Crippen LogP contribution in [0.2, 0.25) is 0 Å². The van der Waals surface area contributed by atoms with Crippen LogP contribution in [0.4, 0.5) is 8.78 Å². The van der Waals surface area contributed by atoms with Crippen molar-refractivity contribution in [3.63, 3.8) is 0 Å². The Morgan fingerprint density at radius 3 is 2.21 bits per heavy atom. The van der Waals surface area contributed by atoms with E-state index in [-0.39, 0.29) is 11.3 Å². The van der Waals surface area contributed by atoms with E-state index >= 15 is 0 Å². The largest absolute Gasteiger partial charge is 0.497 e. The molecular formula is C22H17F2N3OS. The van der Waals surface area contributed by atoms with Gasteiger partial charge in [0.1, 0.15) is 17.4 Å². The zero-order valence-corrected chi connectivity index (χ0v) is 16.4. The van der Waals surface area contributed by atoms with Gasteiger partial charge in [-0.2, -0.15) is 0 Å². The summed E-state index contributed by atoms with van der Waals surface area (Å²) in [5.74, 6) is 0.336. The van der Waals surface area contributed by atoms with E-state index in [1.807, 2.05) is 59.2 Å². The van der Waals surface area contributed by atoms with Crippen molar-refractivity contribution in [2.24, 2.45) is 0 Å². The second kappa shape index (κ2) is 8.45. The van der Waals surface area contributed by atoms with E-state index in [9.17, 15) is 8.78 Å². The Kier molecular flexibility index (Phi) is 5.57. The molecule has 0 atom stereocenters. The van der Waals surface area contributed by atoms with Gasteiger partial charge < -0.3 is 4.74 Å². The molecule has 0 unspecified atom stereocenters. The molecule has 0 spiro atoms. The molecule has 0 bridgehead atoms. The lowest BCUT2D eigenvalue weighted by atomic mass is 10.2. The van der Waals surface area contributed by atoms with Gasteiger partial charge in [0.05, 0.1) is 7.11 Å². The normalized spacial score (nSPS) is 10.9. The first-order valence-electron chi connectivity index (χ1n) is 8.88. The highest BCUT2D eigenvalue weighted by molar-refractivity contribution is 7.98. The van der Waals surface area contributed by atoms with Gasteiger partial charge in [0.25, 0.3) is 0 Å². The van der Waals surface area contributed by atoms with E-state index in [0.29, 0.717) is 11.0 Å². The minimum absolute atomic E-state index is 0.0195. The highest BCUT2D eigenvalue weighted by Gasteiger charge is 2.18. The molecule has 0 amide bonds. The maximum atomic E-state index is 14.0. The first-order valence-corrected chi connectivity index (χ1v) is 9.87. The summed E-state index contributed by atoms with van der Waals surface area (Å²) in [5.41, 5.74) is 1.73. The van der Waals surface area contributed by atoms with Crippen LogP contribution in [0.25, 0.3) is 17.1 Å². The van der Waals surface area contributed by atoms with Crippen molar-refractivity contribution >= 4 is 11.8 Å². The molecule has 4 nitrogen and oxygen atoms in total. The SMILES string of the molecule is COc1ccc(-c2nnc(SCc3c(F)cccc3F)n2-c2ccccc2)cc1.